The molecule has 0 atom stereocenters. The molecular formula is C11H10Cl2N4O2. The highest BCUT2D eigenvalue weighted by Crippen LogP contribution is 2.28. The lowest BCUT2D eigenvalue weighted by Crippen LogP contribution is -2.23. The molecule has 1 aromatic carbocycles. The monoisotopic (exact) mass is 300 g/mol. The number of hydrogen-bond acceptors (Lipinski definition) is 5. The van der Waals surface area contributed by atoms with E-state index >= 15 is 0 Å². The smallest absolute Gasteiger partial charge is 0.251 e. The van der Waals surface area contributed by atoms with Crippen LogP contribution in [-0.4, -0.2) is 16.0 Å². The predicted octanol–water partition coefficient (Wildman–Crippen LogP) is 2.20. The lowest BCUT2D eigenvalue weighted by Gasteiger charge is -2.06. The highest BCUT2D eigenvalue weighted by molar-refractivity contribution is 6.39. The van der Waals surface area contributed by atoms with Crippen LogP contribution in [0.25, 0.3) is 0 Å². The Kier molecular flexibility index (Phi) is 3.92. The number of carbonyl (C=O) groups excluding carboxylic acids is 1. The summed E-state index contributed by atoms with van der Waals surface area (Å²) in [6, 6.07) is 2.88. The molecule has 2 rings (SSSR count). The first-order chi connectivity index (χ1) is 8.97. The van der Waals surface area contributed by atoms with Crippen molar-refractivity contribution >= 4 is 34.8 Å². The first kappa shape index (κ1) is 13.6. The Morgan fingerprint density at radius 1 is 1.42 bits per heavy atom. The van der Waals surface area contributed by atoms with Gasteiger partial charge in [-0.25, -0.2) is 0 Å². The highest BCUT2D eigenvalue weighted by Gasteiger charge is 2.12. The van der Waals surface area contributed by atoms with Gasteiger partial charge in [-0.05, 0) is 19.1 Å². The van der Waals surface area contributed by atoms with E-state index in [1.54, 1.807) is 6.92 Å². The third kappa shape index (κ3) is 3.15. The summed E-state index contributed by atoms with van der Waals surface area (Å²) < 4.78 is 4.87. The van der Waals surface area contributed by atoms with Crippen LogP contribution in [0, 0.1) is 6.92 Å². The molecule has 0 fully saturated rings. The van der Waals surface area contributed by atoms with Crippen LogP contribution in [0.3, 0.4) is 0 Å². The summed E-state index contributed by atoms with van der Waals surface area (Å²) in [6.45, 7) is 1.81. The number of halogens is 2. The van der Waals surface area contributed by atoms with Crippen molar-refractivity contribution in [1.29, 1.82) is 0 Å². The second-order valence-electron chi connectivity index (χ2n) is 3.77. The number of benzene rings is 1. The molecule has 0 saturated carbocycles. The molecule has 0 aliphatic carbocycles. The molecule has 0 spiro atoms. The quantitative estimate of drug-likeness (QED) is 0.847. The molecule has 3 N–H and O–H groups in total. The van der Waals surface area contributed by atoms with Crippen molar-refractivity contribution in [1.82, 2.24) is 15.5 Å². The van der Waals surface area contributed by atoms with Crippen LogP contribution in [0.15, 0.2) is 16.7 Å². The van der Waals surface area contributed by atoms with Crippen molar-refractivity contribution in [2.45, 2.75) is 13.5 Å². The zero-order chi connectivity index (χ0) is 14.0. The summed E-state index contributed by atoms with van der Waals surface area (Å²) in [5, 5.41) is 6.68. The molecule has 0 aliphatic rings. The maximum atomic E-state index is 11.9. The van der Waals surface area contributed by atoms with Gasteiger partial charge in [0.2, 0.25) is 5.89 Å². The van der Waals surface area contributed by atoms with Gasteiger partial charge in [-0.2, -0.15) is 4.98 Å². The van der Waals surface area contributed by atoms with E-state index in [2.05, 4.69) is 15.5 Å². The molecule has 0 aliphatic heterocycles. The molecule has 6 nitrogen and oxygen atoms in total. The van der Waals surface area contributed by atoms with Crippen LogP contribution < -0.4 is 11.1 Å². The fourth-order valence-corrected chi connectivity index (χ4v) is 1.87. The van der Waals surface area contributed by atoms with Crippen LogP contribution in [0.1, 0.15) is 22.1 Å². The Bertz CT molecular complexity index is 604. The minimum Gasteiger partial charge on any atom is -0.396 e. The van der Waals surface area contributed by atoms with Crippen molar-refractivity contribution in [2.75, 3.05) is 5.73 Å². The molecule has 1 aromatic heterocycles. The van der Waals surface area contributed by atoms with E-state index in [1.165, 1.54) is 12.1 Å². The van der Waals surface area contributed by atoms with Gasteiger partial charge >= 0.3 is 0 Å². The Hall–Kier alpha value is -1.79. The van der Waals surface area contributed by atoms with E-state index in [-0.39, 0.29) is 28.2 Å². The van der Waals surface area contributed by atoms with Gasteiger partial charge in [-0.1, -0.05) is 28.4 Å². The van der Waals surface area contributed by atoms with Crippen LogP contribution in [0.2, 0.25) is 10.0 Å². The minimum absolute atomic E-state index is 0.124. The van der Waals surface area contributed by atoms with Crippen LogP contribution >= 0.6 is 23.2 Å². The van der Waals surface area contributed by atoms with Crippen LogP contribution in [0.4, 0.5) is 5.69 Å². The maximum absolute atomic E-state index is 11.9. The highest BCUT2D eigenvalue weighted by atomic mass is 35.5. The van der Waals surface area contributed by atoms with Crippen LogP contribution in [0.5, 0.6) is 0 Å². The molecule has 19 heavy (non-hydrogen) atoms. The van der Waals surface area contributed by atoms with Gasteiger partial charge in [0, 0.05) is 5.56 Å². The Balaban J connectivity index is 2.08. The molecule has 0 unspecified atom stereocenters. The topological polar surface area (TPSA) is 94.0 Å². The lowest BCUT2D eigenvalue weighted by atomic mass is 10.2. The van der Waals surface area contributed by atoms with E-state index in [0.29, 0.717) is 17.3 Å². The number of nitrogens with zero attached hydrogens (tertiary/aromatic N) is 2. The summed E-state index contributed by atoms with van der Waals surface area (Å²) in [4.78, 5) is 15.8. The molecule has 1 amide bonds. The number of anilines is 1. The third-order valence-corrected chi connectivity index (χ3v) is 2.94. The first-order valence-electron chi connectivity index (χ1n) is 5.29. The Labute approximate surface area is 118 Å². The summed E-state index contributed by atoms with van der Waals surface area (Å²) in [6.07, 6.45) is 0. The summed E-state index contributed by atoms with van der Waals surface area (Å²) in [5.41, 5.74) is 6.14. The van der Waals surface area contributed by atoms with Crippen molar-refractivity contribution < 1.29 is 9.32 Å². The average molecular weight is 301 g/mol. The Morgan fingerprint density at radius 2 is 2.05 bits per heavy atom. The second-order valence-corrected chi connectivity index (χ2v) is 4.59. The van der Waals surface area contributed by atoms with Crippen molar-refractivity contribution in [3.63, 3.8) is 0 Å². The van der Waals surface area contributed by atoms with Crippen molar-refractivity contribution in [2.24, 2.45) is 0 Å². The predicted molar refractivity (Wildman–Crippen MR) is 71.1 cm³/mol. The SMILES string of the molecule is Cc1noc(CNC(=O)c2cc(Cl)c(N)c(Cl)c2)n1. The zero-order valence-electron chi connectivity index (χ0n) is 9.91. The van der Waals surface area contributed by atoms with E-state index < -0.39 is 0 Å². The van der Waals surface area contributed by atoms with E-state index in [4.69, 9.17) is 33.5 Å². The van der Waals surface area contributed by atoms with Gasteiger partial charge in [-0.15, -0.1) is 0 Å². The number of nitrogens with two attached hydrogens (primary N) is 1. The third-order valence-electron chi connectivity index (χ3n) is 2.31. The molecule has 100 valence electrons. The average Bonchev–Trinajstić information content (AvgIpc) is 2.78. The van der Waals surface area contributed by atoms with Crippen molar-refractivity contribution in [3.8, 4) is 0 Å². The van der Waals surface area contributed by atoms with E-state index in [9.17, 15) is 4.79 Å². The van der Waals surface area contributed by atoms with Gasteiger partial charge in [-0.3, -0.25) is 4.79 Å². The van der Waals surface area contributed by atoms with Gasteiger partial charge < -0.3 is 15.6 Å². The number of amides is 1. The summed E-state index contributed by atoms with van der Waals surface area (Å²) in [7, 11) is 0. The van der Waals surface area contributed by atoms with Crippen LogP contribution in [-0.2, 0) is 6.54 Å². The number of nitrogen functional groups attached to an aromatic ring is 1. The Morgan fingerprint density at radius 3 is 2.58 bits per heavy atom. The molecular weight excluding hydrogens is 291 g/mol. The standard InChI is InChI=1S/C11H10Cl2N4O2/c1-5-16-9(19-17-5)4-15-11(18)6-2-7(12)10(14)8(13)3-6/h2-3H,4,14H2,1H3,(H,15,18). The van der Waals surface area contributed by atoms with Gasteiger partial charge in [0.25, 0.3) is 5.91 Å². The largest absolute Gasteiger partial charge is 0.396 e. The molecule has 0 bridgehead atoms. The fourth-order valence-electron chi connectivity index (χ4n) is 1.39. The summed E-state index contributed by atoms with van der Waals surface area (Å²) >= 11 is 11.7. The van der Waals surface area contributed by atoms with Gasteiger partial charge in [0.05, 0.1) is 22.3 Å². The van der Waals surface area contributed by atoms with Gasteiger partial charge in [0.15, 0.2) is 5.82 Å². The molecule has 2 aromatic rings. The number of aromatic nitrogens is 2. The number of carbonyl (C=O) groups is 1. The normalized spacial score (nSPS) is 10.5. The molecule has 0 radical (unpaired) electrons. The minimum atomic E-state index is -0.361. The molecule has 0 saturated heterocycles. The van der Waals surface area contributed by atoms with E-state index in [1.807, 2.05) is 0 Å². The fraction of sp³-hybridized carbons (Fsp3) is 0.182. The number of nitrogens with one attached hydrogen (secondary N) is 1. The number of rotatable bonds is 3. The second kappa shape index (κ2) is 5.46. The lowest BCUT2D eigenvalue weighted by molar-refractivity contribution is 0.0946. The number of aryl methyl sites for hydroxylation is 1. The first-order valence-corrected chi connectivity index (χ1v) is 6.05. The zero-order valence-corrected chi connectivity index (χ0v) is 11.4. The molecule has 8 heteroatoms. The maximum Gasteiger partial charge on any atom is 0.251 e. The molecule has 1 heterocycles. The summed E-state index contributed by atoms with van der Waals surface area (Å²) in [5.74, 6) is 0.459. The van der Waals surface area contributed by atoms with Crippen molar-refractivity contribution in [3.05, 3.63) is 39.5 Å². The van der Waals surface area contributed by atoms with E-state index in [0.717, 1.165) is 0 Å². The number of hydrogen-bond donors (Lipinski definition) is 2. The van der Waals surface area contributed by atoms with Gasteiger partial charge in [0.1, 0.15) is 0 Å².